The van der Waals surface area contributed by atoms with Crippen LogP contribution >= 0.6 is 0 Å². The molecule has 0 unspecified atom stereocenters. The van der Waals surface area contributed by atoms with Gasteiger partial charge in [-0.3, -0.25) is 9.69 Å². The van der Waals surface area contributed by atoms with E-state index in [1.54, 1.807) is 0 Å². The number of pyridine rings is 1. The Morgan fingerprint density at radius 1 is 0.750 bits per heavy atom. The smallest absolute Gasteiger partial charge is 0.255 e. The van der Waals surface area contributed by atoms with Crippen LogP contribution in [0.2, 0.25) is 0 Å². The summed E-state index contributed by atoms with van der Waals surface area (Å²) in [5, 5.41) is 1.27. The van der Waals surface area contributed by atoms with Gasteiger partial charge in [0.25, 0.3) is 5.56 Å². The van der Waals surface area contributed by atoms with Gasteiger partial charge in [0.2, 0.25) is 0 Å². The molecule has 4 heteroatoms. The molecule has 0 radical (unpaired) electrons. The Morgan fingerprint density at radius 3 is 2.28 bits per heavy atom. The highest BCUT2D eigenvalue weighted by Gasteiger charge is 2.22. The summed E-state index contributed by atoms with van der Waals surface area (Å²) in [7, 11) is 0. The van der Waals surface area contributed by atoms with Gasteiger partial charge in [-0.05, 0) is 124 Å². The van der Waals surface area contributed by atoms with Crippen LogP contribution in [0, 0.1) is 5.92 Å². The largest absolute Gasteiger partial charge is 0.307 e. The molecule has 2 aromatic carbocycles. The molecule has 6 rings (SSSR count). The molecule has 0 saturated carbocycles. The lowest BCUT2D eigenvalue weighted by Gasteiger charge is -2.32. The number of likely N-dealkylation sites (tertiary alicyclic amines) is 2. The van der Waals surface area contributed by atoms with Gasteiger partial charge in [-0.15, -0.1) is 0 Å². The van der Waals surface area contributed by atoms with Crippen molar-refractivity contribution >= 4 is 10.9 Å². The summed E-state index contributed by atoms with van der Waals surface area (Å²) in [5.41, 5.74) is 6.79. The van der Waals surface area contributed by atoms with Crippen LogP contribution in [0.15, 0.2) is 53.3 Å². The number of aryl methyl sites for hydroxylation is 2. The van der Waals surface area contributed by atoms with Crippen LogP contribution in [0.5, 0.6) is 0 Å². The number of rotatable bonds is 7. The maximum absolute atomic E-state index is 13.9. The number of aromatic nitrogens is 1. The van der Waals surface area contributed by atoms with Gasteiger partial charge in [0, 0.05) is 25.2 Å². The van der Waals surface area contributed by atoms with Crippen LogP contribution in [0.3, 0.4) is 0 Å². The first-order valence-corrected chi connectivity index (χ1v) is 14.4. The minimum atomic E-state index is 0.240. The molecule has 2 fully saturated rings. The van der Waals surface area contributed by atoms with Crippen LogP contribution in [-0.2, 0) is 32.4 Å². The molecule has 4 nitrogen and oxygen atoms in total. The van der Waals surface area contributed by atoms with Crippen molar-refractivity contribution in [3.63, 3.8) is 0 Å². The summed E-state index contributed by atoms with van der Waals surface area (Å²) < 4.78 is 2.13. The highest BCUT2D eigenvalue weighted by molar-refractivity contribution is 5.82. The summed E-state index contributed by atoms with van der Waals surface area (Å²) in [6, 6.07) is 17.9. The summed E-state index contributed by atoms with van der Waals surface area (Å²) in [4.78, 5) is 18.9. The average Bonchev–Trinajstić information content (AvgIpc) is 3.37. The van der Waals surface area contributed by atoms with Crippen LogP contribution in [0.4, 0.5) is 0 Å². The molecule has 0 atom stereocenters. The first kappa shape index (κ1) is 23.9. The highest BCUT2D eigenvalue weighted by Crippen LogP contribution is 2.28. The minimum Gasteiger partial charge on any atom is -0.307 e. The molecular weight excluding hydrogens is 442 g/mol. The van der Waals surface area contributed by atoms with Gasteiger partial charge >= 0.3 is 0 Å². The van der Waals surface area contributed by atoms with Crippen molar-refractivity contribution in [2.24, 2.45) is 5.92 Å². The third-order valence-corrected chi connectivity index (χ3v) is 8.94. The Bertz CT molecular complexity index is 1230. The number of benzene rings is 2. The fourth-order valence-electron chi connectivity index (χ4n) is 6.81. The first-order valence-electron chi connectivity index (χ1n) is 14.4. The van der Waals surface area contributed by atoms with Crippen molar-refractivity contribution in [1.82, 2.24) is 14.4 Å². The Balaban J connectivity index is 1.20. The van der Waals surface area contributed by atoms with Crippen molar-refractivity contribution < 1.29 is 0 Å². The molecular formula is C32H41N3O. The van der Waals surface area contributed by atoms with E-state index in [9.17, 15) is 4.79 Å². The van der Waals surface area contributed by atoms with Gasteiger partial charge in [0.15, 0.2) is 0 Å². The molecule has 2 saturated heterocycles. The molecule has 0 bridgehead atoms. The standard InChI is InChI=1S/C32H41N3O/c36-32-30(24-34-16-12-26(13-17-34)20-25-8-3-1-4-9-25)22-29-21-27-10-7-11-28(27)23-31(29)35(32)19-18-33-14-5-2-6-15-33/h1,3-4,8-9,21-23,26H,2,5-7,10-20,24H2. The predicted octanol–water partition coefficient (Wildman–Crippen LogP) is 5.43. The maximum atomic E-state index is 13.9. The van der Waals surface area contributed by atoms with Crippen molar-refractivity contribution in [1.29, 1.82) is 0 Å². The molecule has 190 valence electrons. The molecule has 36 heavy (non-hydrogen) atoms. The zero-order valence-corrected chi connectivity index (χ0v) is 21.8. The van der Waals surface area contributed by atoms with E-state index < -0.39 is 0 Å². The van der Waals surface area contributed by atoms with Crippen LogP contribution in [-0.4, -0.2) is 47.1 Å². The molecule has 3 aromatic rings. The van der Waals surface area contributed by atoms with Gasteiger partial charge in [-0.25, -0.2) is 0 Å². The van der Waals surface area contributed by atoms with E-state index >= 15 is 0 Å². The van der Waals surface area contributed by atoms with Gasteiger partial charge in [-0.2, -0.15) is 0 Å². The summed E-state index contributed by atoms with van der Waals surface area (Å²) in [6.45, 7) is 7.12. The Labute approximate surface area is 215 Å². The lowest BCUT2D eigenvalue weighted by atomic mass is 9.90. The zero-order chi connectivity index (χ0) is 24.3. The normalized spacial score (nSPS) is 19.7. The van der Waals surface area contributed by atoms with E-state index in [2.05, 4.69) is 62.9 Å². The fourth-order valence-corrected chi connectivity index (χ4v) is 6.81. The monoisotopic (exact) mass is 483 g/mol. The molecule has 3 heterocycles. The molecule has 0 amide bonds. The second-order valence-electron chi connectivity index (χ2n) is 11.5. The average molecular weight is 484 g/mol. The minimum absolute atomic E-state index is 0.240. The predicted molar refractivity (Wildman–Crippen MR) is 149 cm³/mol. The van der Waals surface area contributed by atoms with Crippen molar-refractivity contribution in [2.75, 3.05) is 32.7 Å². The molecule has 3 aliphatic rings. The number of fused-ring (bicyclic) bond motifs is 2. The second kappa shape index (κ2) is 10.9. The van der Waals surface area contributed by atoms with Gasteiger partial charge in [0.05, 0.1) is 5.52 Å². The Hall–Kier alpha value is -2.43. The Kier molecular flexibility index (Phi) is 7.25. The lowest BCUT2D eigenvalue weighted by Crippen LogP contribution is -2.38. The number of hydrogen-bond acceptors (Lipinski definition) is 3. The summed E-state index contributed by atoms with van der Waals surface area (Å²) in [6.07, 6.45) is 11.1. The SMILES string of the molecule is O=c1c(CN2CCC(Cc3ccccc3)CC2)cc2cc3c(cc2n1CCN1CCCCC1)CCC3. The topological polar surface area (TPSA) is 28.5 Å². The third-order valence-electron chi connectivity index (χ3n) is 8.94. The zero-order valence-electron chi connectivity index (χ0n) is 21.8. The van der Waals surface area contributed by atoms with Gasteiger partial charge < -0.3 is 9.47 Å². The second-order valence-corrected chi connectivity index (χ2v) is 11.5. The first-order chi connectivity index (χ1) is 17.7. The van der Waals surface area contributed by atoms with E-state index in [0.29, 0.717) is 0 Å². The lowest BCUT2D eigenvalue weighted by molar-refractivity contribution is 0.176. The highest BCUT2D eigenvalue weighted by atomic mass is 16.1. The van der Waals surface area contributed by atoms with E-state index in [-0.39, 0.29) is 5.56 Å². The molecule has 2 aliphatic heterocycles. The van der Waals surface area contributed by atoms with Crippen molar-refractivity contribution in [3.05, 3.63) is 81.1 Å². The number of piperidine rings is 2. The summed E-state index contributed by atoms with van der Waals surface area (Å²) >= 11 is 0. The van der Waals surface area contributed by atoms with E-state index in [1.165, 1.54) is 86.5 Å². The van der Waals surface area contributed by atoms with E-state index in [4.69, 9.17) is 0 Å². The fraction of sp³-hybridized carbons (Fsp3) is 0.531. The summed E-state index contributed by atoms with van der Waals surface area (Å²) in [5.74, 6) is 0.754. The molecule has 1 aliphatic carbocycles. The Morgan fingerprint density at radius 2 is 1.50 bits per heavy atom. The molecule has 0 spiro atoms. The van der Waals surface area contributed by atoms with E-state index in [1.807, 2.05) is 0 Å². The van der Waals surface area contributed by atoms with Crippen molar-refractivity contribution in [2.45, 2.75) is 70.9 Å². The quantitative estimate of drug-likeness (QED) is 0.449. The van der Waals surface area contributed by atoms with Crippen molar-refractivity contribution in [3.8, 4) is 0 Å². The number of hydrogen-bond donors (Lipinski definition) is 0. The van der Waals surface area contributed by atoms with Gasteiger partial charge in [-0.1, -0.05) is 36.8 Å². The number of nitrogens with zero attached hydrogens (tertiary/aromatic N) is 3. The van der Waals surface area contributed by atoms with Gasteiger partial charge in [0.1, 0.15) is 0 Å². The van der Waals surface area contributed by atoms with Crippen LogP contribution in [0.1, 0.15) is 60.8 Å². The van der Waals surface area contributed by atoms with Crippen LogP contribution < -0.4 is 5.56 Å². The van der Waals surface area contributed by atoms with Crippen LogP contribution in [0.25, 0.3) is 10.9 Å². The van der Waals surface area contributed by atoms with E-state index in [0.717, 1.165) is 56.1 Å². The maximum Gasteiger partial charge on any atom is 0.255 e. The molecule has 1 aromatic heterocycles. The molecule has 0 N–H and O–H groups in total. The third kappa shape index (κ3) is 5.31.